The van der Waals surface area contributed by atoms with E-state index in [1.165, 1.54) is 12.8 Å². The van der Waals surface area contributed by atoms with E-state index in [1.807, 2.05) is 42.5 Å². The van der Waals surface area contributed by atoms with Gasteiger partial charge in [0, 0.05) is 6.54 Å². The van der Waals surface area contributed by atoms with Gasteiger partial charge in [-0.25, -0.2) is 4.98 Å². The molecule has 1 aliphatic heterocycles. The molecule has 0 bridgehead atoms. The van der Waals surface area contributed by atoms with Crippen LogP contribution < -0.4 is 9.47 Å². The monoisotopic (exact) mass is 395 g/mol. The van der Waals surface area contributed by atoms with Gasteiger partial charge in [0.2, 0.25) is 0 Å². The molecule has 1 aromatic heterocycles. The van der Waals surface area contributed by atoms with Gasteiger partial charge >= 0.3 is 5.97 Å². The molecule has 0 atom stereocenters. The molecule has 0 saturated carbocycles. The number of nitrogens with zero attached hydrogens (tertiary/aromatic N) is 3. The van der Waals surface area contributed by atoms with Crippen LogP contribution in [0, 0.1) is 0 Å². The highest BCUT2D eigenvalue weighted by molar-refractivity contribution is 5.84. The van der Waals surface area contributed by atoms with Crippen molar-refractivity contribution in [2.24, 2.45) is 0 Å². The molecule has 7 heteroatoms. The summed E-state index contributed by atoms with van der Waals surface area (Å²) in [4.78, 5) is 18.6. The lowest BCUT2D eigenvalue weighted by molar-refractivity contribution is -0.137. The van der Waals surface area contributed by atoms with Crippen LogP contribution in [0.5, 0.6) is 11.5 Å². The number of imidazole rings is 1. The first-order valence-electron chi connectivity index (χ1n) is 9.87. The van der Waals surface area contributed by atoms with E-state index in [0.717, 1.165) is 36.2 Å². The van der Waals surface area contributed by atoms with Crippen molar-refractivity contribution in [3.05, 3.63) is 42.5 Å². The number of carboxylic acid groups (broad SMARTS) is 1. The number of aliphatic carboxylic acids is 1. The van der Waals surface area contributed by atoms with Gasteiger partial charge in [-0.1, -0.05) is 18.2 Å². The topological polar surface area (TPSA) is 76.8 Å². The fourth-order valence-corrected chi connectivity index (χ4v) is 3.86. The lowest BCUT2D eigenvalue weighted by atomic mass is 10.1. The molecule has 152 valence electrons. The quantitative estimate of drug-likeness (QED) is 0.631. The second-order valence-corrected chi connectivity index (χ2v) is 7.14. The molecule has 7 nitrogen and oxygen atoms in total. The molecule has 1 N–H and O–H groups in total. The Balaban J connectivity index is 1.73. The standard InChI is InChI=1S/C22H25N3O4/c1-28-19-10-6-7-16(21(19)29-14-13-24-11-4-5-12-24)22-23-17-8-2-3-9-18(17)25(22)15-20(26)27/h2-3,6-10H,4-5,11-15H2,1H3,(H,26,27). The number of benzene rings is 2. The van der Waals surface area contributed by atoms with Crippen molar-refractivity contribution < 1.29 is 19.4 Å². The second-order valence-electron chi connectivity index (χ2n) is 7.14. The van der Waals surface area contributed by atoms with E-state index in [0.29, 0.717) is 23.9 Å². The summed E-state index contributed by atoms with van der Waals surface area (Å²) in [5.74, 6) is 0.839. The van der Waals surface area contributed by atoms with Crippen LogP contribution in [0.4, 0.5) is 0 Å². The van der Waals surface area contributed by atoms with Crippen LogP contribution in [0.2, 0.25) is 0 Å². The molecular formula is C22H25N3O4. The minimum atomic E-state index is -0.922. The smallest absolute Gasteiger partial charge is 0.323 e. The zero-order valence-corrected chi connectivity index (χ0v) is 16.5. The number of hydrogen-bond acceptors (Lipinski definition) is 5. The van der Waals surface area contributed by atoms with Gasteiger partial charge in [0.05, 0.1) is 23.7 Å². The van der Waals surface area contributed by atoms with Crippen molar-refractivity contribution in [3.8, 4) is 22.9 Å². The average Bonchev–Trinajstić information content (AvgIpc) is 3.36. The summed E-state index contributed by atoms with van der Waals surface area (Å²) in [6.45, 7) is 3.42. The normalized spacial score (nSPS) is 14.4. The highest BCUT2D eigenvalue weighted by Crippen LogP contribution is 2.39. The highest BCUT2D eigenvalue weighted by atomic mass is 16.5. The molecule has 0 unspecified atom stereocenters. The molecule has 4 rings (SSSR count). The lowest BCUT2D eigenvalue weighted by Gasteiger charge is -2.18. The van der Waals surface area contributed by atoms with Crippen LogP contribution in [0.25, 0.3) is 22.4 Å². The number of hydrogen-bond donors (Lipinski definition) is 1. The van der Waals surface area contributed by atoms with E-state index < -0.39 is 5.97 Å². The Kier molecular flexibility index (Phi) is 5.67. The molecule has 0 amide bonds. The third-order valence-electron chi connectivity index (χ3n) is 5.24. The van der Waals surface area contributed by atoms with Crippen molar-refractivity contribution >= 4 is 17.0 Å². The maximum Gasteiger partial charge on any atom is 0.323 e. The summed E-state index contributed by atoms with van der Waals surface area (Å²) in [6.07, 6.45) is 2.47. The Morgan fingerprint density at radius 3 is 2.69 bits per heavy atom. The number of methoxy groups -OCH3 is 1. The number of likely N-dealkylation sites (tertiary alicyclic amines) is 1. The molecule has 0 radical (unpaired) electrons. The van der Waals surface area contributed by atoms with Gasteiger partial charge in [0.1, 0.15) is 19.0 Å². The Morgan fingerprint density at radius 2 is 1.93 bits per heavy atom. The van der Waals surface area contributed by atoms with E-state index in [9.17, 15) is 9.90 Å². The van der Waals surface area contributed by atoms with E-state index in [-0.39, 0.29) is 6.54 Å². The molecular weight excluding hydrogens is 370 g/mol. The number of fused-ring (bicyclic) bond motifs is 1. The lowest BCUT2D eigenvalue weighted by Crippen LogP contribution is -2.25. The summed E-state index contributed by atoms with van der Waals surface area (Å²) in [5, 5.41) is 9.44. The second kappa shape index (κ2) is 8.53. The summed E-state index contributed by atoms with van der Waals surface area (Å²) in [5.41, 5.74) is 2.24. The predicted molar refractivity (Wildman–Crippen MR) is 111 cm³/mol. The Morgan fingerprint density at radius 1 is 1.14 bits per heavy atom. The fourth-order valence-electron chi connectivity index (χ4n) is 3.86. The zero-order chi connectivity index (χ0) is 20.2. The van der Waals surface area contributed by atoms with Gasteiger partial charge in [-0.15, -0.1) is 0 Å². The summed E-state index contributed by atoms with van der Waals surface area (Å²) in [7, 11) is 1.60. The van der Waals surface area contributed by atoms with Crippen molar-refractivity contribution in [2.45, 2.75) is 19.4 Å². The molecule has 1 saturated heterocycles. The maximum absolute atomic E-state index is 11.5. The summed E-state index contributed by atoms with van der Waals surface area (Å²) >= 11 is 0. The molecule has 0 aliphatic carbocycles. The van der Waals surface area contributed by atoms with Crippen LogP contribution in [-0.2, 0) is 11.3 Å². The zero-order valence-electron chi connectivity index (χ0n) is 16.5. The number of ether oxygens (including phenoxy) is 2. The van der Waals surface area contributed by atoms with E-state index in [2.05, 4.69) is 4.90 Å². The van der Waals surface area contributed by atoms with Crippen LogP contribution in [0.3, 0.4) is 0 Å². The summed E-state index contributed by atoms with van der Waals surface area (Å²) < 4.78 is 13.4. The van der Waals surface area contributed by atoms with Crippen LogP contribution in [0.15, 0.2) is 42.5 Å². The maximum atomic E-state index is 11.5. The Bertz CT molecular complexity index is 1010. The minimum Gasteiger partial charge on any atom is -0.493 e. The molecule has 2 aromatic carbocycles. The van der Waals surface area contributed by atoms with Gasteiger partial charge in [0.15, 0.2) is 11.5 Å². The SMILES string of the molecule is COc1cccc(-c2nc3ccccc3n2CC(=O)O)c1OCCN1CCCC1. The van der Waals surface area contributed by atoms with Crippen molar-refractivity contribution in [1.29, 1.82) is 0 Å². The van der Waals surface area contributed by atoms with Gasteiger partial charge in [-0.3, -0.25) is 9.69 Å². The average molecular weight is 395 g/mol. The molecule has 1 fully saturated rings. The van der Waals surface area contributed by atoms with Crippen molar-refractivity contribution in [2.75, 3.05) is 33.4 Å². The number of para-hydroxylation sites is 3. The Labute approximate surface area is 169 Å². The van der Waals surface area contributed by atoms with Crippen LogP contribution in [-0.4, -0.2) is 58.9 Å². The van der Waals surface area contributed by atoms with E-state index >= 15 is 0 Å². The van der Waals surface area contributed by atoms with Crippen LogP contribution >= 0.6 is 0 Å². The molecule has 3 aromatic rings. The van der Waals surface area contributed by atoms with Crippen LogP contribution in [0.1, 0.15) is 12.8 Å². The summed E-state index contributed by atoms with van der Waals surface area (Å²) in [6, 6.07) is 13.1. The first-order valence-corrected chi connectivity index (χ1v) is 9.87. The number of rotatable bonds is 8. The van der Waals surface area contributed by atoms with Crippen molar-refractivity contribution in [3.63, 3.8) is 0 Å². The number of carbonyl (C=O) groups is 1. The van der Waals surface area contributed by atoms with Gasteiger partial charge in [0.25, 0.3) is 0 Å². The predicted octanol–water partition coefficient (Wildman–Crippen LogP) is 3.27. The third kappa shape index (κ3) is 4.05. The molecule has 1 aliphatic rings. The van der Waals surface area contributed by atoms with E-state index in [1.54, 1.807) is 11.7 Å². The minimum absolute atomic E-state index is 0.180. The molecule has 0 spiro atoms. The highest BCUT2D eigenvalue weighted by Gasteiger charge is 2.21. The van der Waals surface area contributed by atoms with Gasteiger partial charge in [-0.05, 0) is 50.2 Å². The third-order valence-corrected chi connectivity index (χ3v) is 5.24. The van der Waals surface area contributed by atoms with Gasteiger partial charge < -0.3 is 19.1 Å². The largest absolute Gasteiger partial charge is 0.493 e. The molecule has 2 heterocycles. The van der Waals surface area contributed by atoms with E-state index in [4.69, 9.17) is 14.5 Å². The Hall–Kier alpha value is -3.06. The van der Waals surface area contributed by atoms with Crippen molar-refractivity contribution in [1.82, 2.24) is 14.5 Å². The first kappa shape index (κ1) is 19.3. The van der Waals surface area contributed by atoms with Gasteiger partial charge in [-0.2, -0.15) is 0 Å². The molecule has 29 heavy (non-hydrogen) atoms. The number of aromatic nitrogens is 2. The number of carboxylic acids is 1. The first-order chi connectivity index (χ1) is 14.2. The fraction of sp³-hybridized carbons (Fsp3) is 0.364.